The van der Waals surface area contributed by atoms with Gasteiger partial charge in [-0.05, 0) is 60.0 Å². The van der Waals surface area contributed by atoms with Gasteiger partial charge in [-0.15, -0.1) is 0 Å². The summed E-state index contributed by atoms with van der Waals surface area (Å²) in [5.41, 5.74) is 3.35. The van der Waals surface area contributed by atoms with Crippen molar-refractivity contribution in [2.75, 3.05) is 0 Å². The first-order valence-electron chi connectivity index (χ1n) is 8.71. The number of pyridine rings is 1. The van der Waals surface area contributed by atoms with Gasteiger partial charge in [0.05, 0.1) is 22.5 Å². The molecule has 0 spiro atoms. The van der Waals surface area contributed by atoms with E-state index in [-0.39, 0.29) is 0 Å². The molecule has 2 aromatic heterocycles. The van der Waals surface area contributed by atoms with E-state index in [1.165, 1.54) is 12.1 Å². The Bertz CT molecular complexity index is 1130. The van der Waals surface area contributed by atoms with Crippen LogP contribution >= 0.6 is 0 Å². The number of halogens is 3. The minimum absolute atomic E-state index is 0.411. The molecule has 140 valence electrons. The van der Waals surface area contributed by atoms with Crippen molar-refractivity contribution >= 4 is 23.1 Å². The molecule has 0 amide bonds. The van der Waals surface area contributed by atoms with Crippen LogP contribution in [0, 0.1) is 0 Å². The fourth-order valence-corrected chi connectivity index (χ4v) is 3.05. The number of fused-ring (bicyclic) bond motifs is 1. The van der Waals surface area contributed by atoms with Crippen LogP contribution in [0.2, 0.25) is 0 Å². The van der Waals surface area contributed by atoms with E-state index in [0.29, 0.717) is 12.0 Å². The number of nitrogens with zero attached hydrogens (tertiary/aromatic N) is 2. The average Bonchev–Trinajstić information content (AvgIpc) is 3.09. The van der Waals surface area contributed by atoms with Crippen molar-refractivity contribution in [2.24, 2.45) is 0 Å². The van der Waals surface area contributed by atoms with Crippen LogP contribution in [0.25, 0.3) is 23.1 Å². The molecule has 4 rings (SSSR count). The van der Waals surface area contributed by atoms with Crippen molar-refractivity contribution in [3.63, 3.8) is 0 Å². The summed E-state index contributed by atoms with van der Waals surface area (Å²) in [4.78, 5) is 4.25. The van der Waals surface area contributed by atoms with E-state index in [1.54, 1.807) is 12.3 Å². The molecule has 0 bridgehead atoms. The molecule has 0 unspecified atom stereocenters. The van der Waals surface area contributed by atoms with Crippen LogP contribution in [0.15, 0.2) is 66.9 Å². The van der Waals surface area contributed by atoms with Gasteiger partial charge in [0.1, 0.15) is 0 Å². The normalized spacial score (nSPS) is 12.1. The number of alkyl halides is 3. The fraction of sp³-hybridized carbons (Fsp3) is 0.0909. The number of rotatable bonds is 4. The Labute approximate surface area is 159 Å². The summed E-state index contributed by atoms with van der Waals surface area (Å²) in [6, 6.07) is 16.8. The fourth-order valence-electron chi connectivity index (χ4n) is 3.05. The molecule has 0 radical (unpaired) electrons. The molecule has 0 aliphatic heterocycles. The Morgan fingerprint density at radius 3 is 2.54 bits per heavy atom. The van der Waals surface area contributed by atoms with Crippen LogP contribution in [0.5, 0.6) is 0 Å². The summed E-state index contributed by atoms with van der Waals surface area (Å²) < 4.78 is 38.8. The number of H-pyrrole nitrogens is 1. The zero-order valence-electron chi connectivity index (χ0n) is 14.7. The van der Waals surface area contributed by atoms with Crippen molar-refractivity contribution in [2.45, 2.75) is 12.6 Å². The van der Waals surface area contributed by atoms with Crippen LogP contribution in [-0.4, -0.2) is 15.2 Å². The number of aromatic amines is 1. The van der Waals surface area contributed by atoms with E-state index < -0.39 is 11.7 Å². The highest BCUT2D eigenvalue weighted by Crippen LogP contribution is 2.30. The van der Waals surface area contributed by atoms with E-state index in [4.69, 9.17) is 0 Å². The van der Waals surface area contributed by atoms with E-state index >= 15 is 0 Å². The second kappa shape index (κ2) is 7.31. The molecule has 2 aromatic carbocycles. The first-order valence-corrected chi connectivity index (χ1v) is 8.71. The minimum Gasteiger partial charge on any atom is -0.277 e. The highest BCUT2D eigenvalue weighted by atomic mass is 19.4. The standard InChI is InChI=1S/C22H16F3N3/c23-22(24,25)17-5-3-4-15(13-17)12-16-7-9-20-19(14-16)21(28-27-20)10-8-18-6-1-2-11-26-18/h1-11,13-14H,12H2,(H,27,28). The van der Waals surface area contributed by atoms with Crippen molar-refractivity contribution in [1.82, 2.24) is 15.2 Å². The Morgan fingerprint density at radius 2 is 1.75 bits per heavy atom. The van der Waals surface area contributed by atoms with Crippen LogP contribution in [0.1, 0.15) is 28.1 Å². The van der Waals surface area contributed by atoms with Gasteiger partial charge in [-0.2, -0.15) is 18.3 Å². The number of hydrogen-bond donors (Lipinski definition) is 1. The second-order valence-corrected chi connectivity index (χ2v) is 6.45. The van der Waals surface area contributed by atoms with Gasteiger partial charge in [0, 0.05) is 11.6 Å². The van der Waals surface area contributed by atoms with Gasteiger partial charge >= 0.3 is 6.18 Å². The minimum atomic E-state index is -4.34. The molecule has 3 nitrogen and oxygen atoms in total. The van der Waals surface area contributed by atoms with Gasteiger partial charge in [0.2, 0.25) is 0 Å². The monoisotopic (exact) mass is 379 g/mol. The van der Waals surface area contributed by atoms with Crippen LogP contribution in [-0.2, 0) is 12.6 Å². The summed E-state index contributed by atoms with van der Waals surface area (Å²) in [5, 5.41) is 8.18. The number of aromatic nitrogens is 3. The first kappa shape index (κ1) is 18.0. The molecular formula is C22H16F3N3. The molecule has 2 heterocycles. The van der Waals surface area contributed by atoms with E-state index in [1.807, 2.05) is 48.6 Å². The van der Waals surface area contributed by atoms with Gasteiger partial charge in [-0.3, -0.25) is 10.1 Å². The van der Waals surface area contributed by atoms with Crippen LogP contribution in [0.3, 0.4) is 0 Å². The summed E-state index contributed by atoms with van der Waals surface area (Å²) in [7, 11) is 0. The predicted octanol–water partition coefficient (Wildman–Crippen LogP) is 5.74. The van der Waals surface area contributed by atoms with Crippen LogP contribution < -0.4 is 0 Å². The molecule has 28 heavy (non-hydrogen) atoms. The predicted molar refractivity (Wildman–Crippen MR) is 104 cm³/mol. The molecule has 4 aromatic rings. The summed E-state index contributed by atoms with van der Waals surface area (Å²) in [6.45, 7) is 0. The van der Waals surface area contributed by atoms with Crippen molar-refractivity contribution in [1.29, 1.82) is 0 Å². The Morgan fingerprint density at radius 1 is 0.893 bits per heavy atom. The lowest BCUT2D eigenvalue weighted by Gasteiger charge is -2.09. The zero-order chi connectivity index (χ0) is 19.6. The summed E-state index contributed by atoms with van der Waals surface area (Å²) >= 11 is 0. The smallest absolute Gasteiger partial charge is 0.277 e. The second-order valence-electron chi connectivity index (χ2n) is 6.45. The molecule has 0 aliphatic carbocycles. The molecule has 0 saturated heterocycles. The average molecular weight is 379 g/mol. The maximum atomic E-state index is 12.9. The van der Waals surface area contributed by atoms with Crippen molar-refractivity contribution in [3.8, 4) is 0 Å². The molecule has 0 fully saturated rings. The highest BCUT2D eigenvalue weighted by molar-refractivity contribution is 5.89. The third-order valence-corrected chi connectivity index (χ3v) is 4.42. The SMILES string of the molecule is FC(F)(F)c1cccc(Cc2ccc3n[nH]c(C=Cc4ccccn4)c3c2)c1. The van der Waals surface area contributed by atoms with Gasteiger partial charge in [0.25, 0.3) is 0 Å². The lowest BCUT2D eigenvalue weighted by Crippen LogP contribution is -2.05. The topological polar surface area (TPSA) is 41.6 Å². The summed E-state index contributed by atoms with van der Waals surface area (Å²) in [5.74, 6) is 0. The Balaban J connectivity index is 1.62. The Hall–Kier alpha value is -3.41. The lowest BCUT2D eigenvalue weighted by atomic mass is 10.0. The largest absolute Gasteiger partial charge is 0.416 e. The zero-order valence-corrected chi connectivity index (χ0v) is 14.7. The number of nitrogens with one attached hydrogen (secondary N) is 1. The Kier molecular flexibility index (Phi) is 4.69. The van der Waals surface area contributed by atoms with Gasteiger partial charge < -0.3 is 0 Å². The molecule has 0 aliphatic rings. The molecular weight excluding hydrogens is 363 g/mol. The first-order chi connectivity index (χ1) is 13.5. The third-order valence-electron chi connectivity index (χ3n) is 4.42. The van der Waals surface area contributed by atoms with Gasteiger partial charge in [0.15, 0.2) is 0 Å². The number of hydrogen-bond acceptors (Lipinski definition) is 2. The van der Waals surface area contributed by atoms with E-state index in [9.17, 15) is 13.2 Å². The van der Waals surface area contributed by atoms with Gasteiger partial charge in [-0.25, -0.2) is 0 Å². The lowest BCUT2D eigenvalue weighted by molar-refractivity contribution is -0.137. The molecule has 6 heteroatoms. The number of benzene rings is 2. The summed E-state index contributed by atoms with van der Waals surface area (Å²) in [6.07, 6.45) is 1.57. The maximum absolute atomic E-state index is 12.9. The highest BCUT2D eigenvalue weighted by Gasteiger charge is 2.30. The molecule has 1 N–H and O–H groups in total. The van der Waals surface area contributed by atoms with Crippen LogP contribution in [0.4, 0.5) is 13.2 Å². The maximum Gasteiger partial charge on any atom is 0.416 e. The van der Waals surface area contributed by atoms with Crippen molar-refractivity contribution in [3.05, 3.63) is 94.9 Å². The van der Waals surface area contributed by atoms with E-state index in [2.05, 4.69) is 15.2 Å². The van der Waals surface area contributed by atoms with Crippen molar-refractivity contribution < 1.29 is 13.2 Å². The molecule has 0 atom stereocenters. The molecule has 0 saturated carbocycles. The quantitative estimate of drug-likeness (QED) is 0.491. The van der Waals surface area contributed by atoms with Gasteiger partial charge in [-0.1, -0.05) is 30.3 Å². The van der Waals surface area contributed by atoms with E-state index in [0.717, 1.165) is 33.9 Å². The third kappa shape index (κ3) is 3.96.